The fourth-order valence-electron chi connectivity index (χ4n) is 1.19. The Labute approximate surface area is 82.2 Å². The first kappa shape index (κ1) is 10.3. The number of hydrogen-bond acceptors (Lipinski definition) is 2. The molecule has 1 atom stereocenters. The second-order valence-electron chi connectivity index (χ2n) is 3.03. The minimum Gasteiger partial charge on any atom is -0.303 e. The molecule has 4 nitrogen and oxygen atoms in total. The quantitative estimate of drug-likeness (QED) is 0.311. The highest BCUT2D eigenvalue weighted by atomic mass is 16.1. The highest BCUT2D eigenvalue weighted by Crippen LogP contribution is 2.20. The monoisotopic (exact) mass is 189 g/mol. The van der Waals surface area contributed by atoms with Crippen molar-refractivity contribution < 1.29 is 4.79 Å². The molecule has 0 bridgehead atoms. The Morgan fingerprint density at radius 2 is 2.14 bits per heavy atom. The van der Waals surface area contributed by atoms with Crippen molar-refractivity contribution in [3.8, 4) is 0 Å². The van der Waals surface area contributed by atoms with Gasteiger partial charge in [0.05, 0.1) is 6.04 Å². The van der Waals surface area contributed by atoms with Gasteiger partial charge in [0.15, 0.2) is 0 Å². The normalized spacial score (nSPS) is 11.5. The molecule has 14 heavy (non-hydrogen) atoms. The van der Waals surface area contributed by atoms with Crippen molar-refractivity contribution in [2.75, 3.05) is 0 Å². The topological polar surface area (TPSA) is 65.8 Å². The van der Waals surface area contributed by atoms with Crippen molar-refractivity contribution in [1.82, 2.24) is 0 Å². The van der Waals surface area contributed by atoms with Crippen LogP contribution in [0.3, 0.4) is 0 Å². The lowest BCUT2D eigenvalue weighted by atomic mass is 10.0. The molecule has 1 aromatic rings. The van der Waals surface area contributed by atoms with Gasteiger partial charge in [-0.05, 0) is 18.0 Å². The smallest absolute Gasteiger partial charge is 0.120 e. The molecular weight excluding hydrogens is 178 g/mol. The van der Waals surface area contributed by atoms with Crippen LogP contribution < -0.4 is 0 Å². The minimum absolute atomic E-state index is 0.229. The maximum absolute atomic E-state index is 10.3. The molecule has 0 heterocycles. The second kappa shape index (κ2) is 5.04. The second-order valence-corrected chi connectivity index (χ2v) is 3.03. The standard InChI is InChI=1S/C10H11N3O/c1-8-2-4-9(5-3-8)10(6-7-14)12-13-11/h2-5,7,10H,6H2,1H3. The fraction of sp³-hybridized carbons (Fsp3) is 0.300. The van der Waals surface area contributed by atoms with Gasteiger partial charge in [0.25, 0.3) is 0 Å². The van der Waals surface area contributed by atoms with E-state index in [4.69, 9.17) is 5.53 Å². The Morgan fingerprint density at radius 1 is 1.50 bits per heavy atom. The van der Waals surface area contributed by atoms with Crippen LogP contribution in [0.25, 0.3) is 10.4 Å². The molecule has 0 spiro atoms. The molecule has 0 amide bonds. The number of hydrogen-bond donors (Lipinski definition) is 0. The summed E-state index contributed by atoms with van der Waals surface area (Å²) >= 11 is 0. The van der Waals surface area contributed by atoms with E-state index in [0.717, 1.165) is 17.4 Å². The molecule has 0 aliphatic heterocycles. The van der Waals surface area contributed by atoms with E-state index in [0.29, 0.717) is 0 Å². The lowest BCUT2D eigenvalue weighted by molar-refractivity contribution is -0.108. The van der Waals surface area contributed by atoms with E-state index < -0.39 is 0 Å². The van der Waals surface area contributed by atoms with Crippen LogP contribution in [-0.2, 0) is 4.79 Å². The zero-order valence-corrected chi connectivity index (χ0v) is 7.92. The van der Waals surface area contributed by atoms with Gasteiger partial charge in [-0.25, -0.2) is 0 Å². The number of azide groups is 1. The van der Waals surface area contributed by atoms with E-state index in [1.165, 1.54) is 0 Å². The predicted octanol–water partition coefficient (Wildman–Crippen LogP) is 2.94. The third kappa shape index (κ3) is 2.61. The van der Waals surface area contributed by atoms with Crippen LogP contribution in [0.15, 0.2) is 29.4 Å². The summed E-state index contributed by atoms with van der Waals surface area (Å²) in [6.07, 6.45) is 0.992. The van der Waals surface area contributed by atoms with Crippen molar-refractivity contribution in [1.29, 1.82) is 0 Å². The van der Waals surface area contributed by atoms with E-state index in [9.17, 15) is 4.79 Å². The Kier molecular flexibility index (Phi) is 3.70. The summed E-state index contributed by atoms with van der Waals surface area (Å²) < 4.78 is 0. The number of carbonyl (C=O) groups excluding carboxylic acids is 1. The zero-order chi connectivity index (χ0) is 10.4. The van der Waals surface area contributed by atoms with E-state index in [1.807, 2.05) is 31.2 Å². The van der Waals surface area contributed by atoms with Gasteiger partial charge in [0.2, 0.25) is 0 Å². The van der Waals surface area contributed by atoms with Crippen LogP contribution in [0.5, 0.6) is 0 Å². The van der Waals surface area contributed by atoms with Crippen molar-refractivity contribution in [3.05, 3.63) is 45.8 Å². The Bertz CT molecular complexity index is 352. The van der Waals surface area contributed by atoms with Gasteiger partial charge in [0, 0.05) is 11.3 Å². The summed E-state index contributed by atoms with van der Waals surface area (Å²) in [5.41, 5.74) is 10.3. The van der Waals surface area contributed by atoms with Crippen molar-refractivity contribution in [2.24, 2.45) is 5.11 Å². The van der Waals surface area contributed by atoms with Gasteiger partial charge in [-0.15, -0.1) is 0 Å². The summed E-state index contributed by atoms with van der Waals surface area (Å²) in [5, 5.41) is 3.56. The lowest BCUT2D eigenvalue weighted by Crippen LogP contribution is -1.95. The largest absolute Gasteiger partial charge is 0.303 e. The first-order valence-electron chi connectivity index (χ1n) is 4.32. The summed E-state index contributed by atoms with van der Waals surface area (Å²) in [7, 11) is 0. The third-order valence-electron chi connectivity index (χ3n) is 1.97. The third-order valence-corrected chi connectivity index (χ3v) is 1.97. The number of aryl methyl sites for hydroxylation is 1. The zero-order valence-electron chi connectivity index (χ0n) is 7.92. The molecular formula is C10H11N3O. The average molecular weight is 189 g/mol. The van der Waals surface area contributed by atoms with E-state index >= 15 is 0 Å². The van der Waals surface area contributed by atoms with Crippen LogP contribution >= 0.6 is 0 Å². The number of aldehydes is 1. The molecule has 0 aliphatic carbocycles. The van der Waals surface area contributed by atoms with Gasteiger partial charge >= 0.3 is 0 Å². The maximum Gasteiger partial charge on any atom is 0.120 e. The fourth-order valence-corrected chi connectivity index (χ4v) is 1.19. The molecule has 0 saturated heterocycles. The molecule has 0 fully saturated rings. The highest BCUT2D eigenvalue weighted by molar-refractivity contribution is 5.51. The van der Waals surface area contributed by atoms with Gasteiger partial charge in [-0.2, -0.15) is 0 Å². The maximum atomic E-state index is 10.3. The summed E-state index contributed by atoms with van der Waals surface area (Å²) in [6.45, 7) is 1.98. The molecule has 1 aromatic carbocycles. The van der Waals surface area contributed by atoms with Crippen molar-refractivity contribution >= 4 is 6.29 Å². The molecule has 0 aromatic heterocycles. The van der Waals surface area contributed by atoms with E-state index in [-0.39, 0.29) is 12.5 Å². The number of benzene rings is 1. The summed E-state index contributed by atoms with van der Waals surface area (Å²) in [4.78, 5) is 13.1. The van der Waals surface area contributed by atoms with Crippen LogP contribution in [0.2, 0.25) is 0 Å². The van der Waals surface area contributed by atoms with Crippen LogP contribution in [0, 0.1) is 6.92 Å². The predicted molar refractivity (Wildman–Crippen MR) is 53.7 cm³/mol. The van der Waals surface area contributed by atoms with E-state index in [1.54, 1.807) is 0 Å². The molecule has 0 N–H and O–H groups in total. The van der Waals surface area contributed by atoms with Crippen molar-refractivity contribution in [2.45, 2.75) is 19.4 Å². The SMILES string of the molecule is Cc1ccc(C(CC=O)N=[N+]=[N-])cc1. The molecule has 4 heteroatoms. The van der Waals surface area contributed by atoms with Crippen LogP contribution in [0.1, 0.15) is 23.6 Å². The number of carbonyl (C=O) groups is 1. The first-order chi connectivity index (χ1) is 6.77. The van der Waals surface area contributed by atoms with Crippen molar-refractivity contribution in [3.63, 3.8) is 0 Å². The molecule has 0 radical (unpaired) electrons. The summed E-state index contributed by atoms with van der Waals surface area (Å²) in [5.74, 6) is 0. The average Bonchev–Trinajstić information content (AvgIpc) is 2.19. The van der Waals surface area contributed by atoms with Gasteiger partial charge in [-0.3, -0.25) is 0 Å². The number of rotatable bonds is 4. The Balaban J connectivity index is 2.92. The Morgan fingerprint density at radius 3 is 2.64 bits per heavy atom. The van der Waals surface area contributed by atoms with E-state index in [2.05, 4.69) is 10.0 Å². The first-order valence-corrected chi connectivity index (χ1v) is 4.32. The van der Waals surface area contributed by atoms with Gasteiger partial charge in [0.1, 0.15) is 6.29 Å². The molecule has 1 unspecified atom stereocenters. The highest BCUT2D eigenvalue weighted by Gasteiger charge is 2.07. The van der Waals surface area contributed by atoms with Gasteiger partial charge < -0.3 is 4.79 Å². The Hall–Kier alpha value is -1.80. The van der Waals surface area contributed by atoms with Gasteiger partial charge in [-0.1, -0.05) is 34.9 Å². The molecule has 72 valence electrons. The van der Waals surface area contributed by atoms with Crippen LogP contribution in [-0.4, -0.2) is 6.29 Å². The lowest BCUT2D eigenvalue weighted by Gasteiger charge is -2.07. The molecule has 0 saturated carbocycles. The number of nitrogens with zero attached hydrogens (tertiary/aromatic N) is 3. The summed E-state index contributed by atoms with van der Waals surface area (Å²) in [6, 6.07) is 7.23. The minimum atomic E-state index is -0.377. The molecule has 0 aliphatic rings. The molecule has 1 rings (SSSR count). The van der Waals surface area contributed by atoms with Crippen LogP contribution in [0.4, 0.5) is 0 Å².